The normalized spacial score (nSPS) is 10.2. The van der Waals surface area contributed by atoms with E-state index in [1.807, 2.05) is 6.92 Å². The zero-order chi connectivity index (χ0) is 12.3. The molecule has 0 spiro atoms. The molecule has 2 aromatic heterocycles. The maximum absolute atomic E-state index is 10.7. The van der Waals surface area contributed by atoms with Gasteiger partial charge in [-0.1, -0.05) is 0 Å². The molecule has 0 amide bonds. The smallest absolute Gasteiger partial charge is 0.338 e. The monoisotopic (exact) mass is 234 g/mol. The molecule has 2 heterocycles. The highest BCUT2D eigenvalue weighted by Crippen LogP contribution is 2.09. The highest BCUT2D eigenvalue weighted by atomic mass is 16.5. The van der Waals surface area contributed by atoms with E-state index < -0.39 is 5.97 Å². The minimum atomic E-state index is -1.04. The second-order valence-electron chi connectivity index (χ2n) is 3.13. The van der Waals surface area contributed by atoms with E-state index in [0.29, 0.717) is 18.3 Å². The number of carboxylic acid groups (broad SMARTS) is 1. The minimum Gasteiger partial charge on any atom is -0.478 e. The molecule has 0 atom stereocenters. The van der Waals surface area contributed by atoms with Crippen LogP contribution >= 0.6 is 0 Å². The van der Waals surface area contributed by atoms with Gasteiger partial charge in [0.1, 0.15) is 0 Å². The van der Waals surface area contributed by atoms with Crippen LogP contribution in [0, 0.1) is 0 Å². The summed E-state index contributed by atoms with van der Waals surface area (Å²) in [5.74, 6) is -0.258. The van der Waals surface area contributed by atoms with Crippen molar-refractivity contribution in [3.05, 3.63) is 30.4 Å². The van der Waals surface area contributed by atoms with Crippen molar-refractivity contribution in [1.82, 2.24) is 19.7 Å². The molecule has 0 bridgehead atoms. The molecule has 7 heteroatoms. The van der Waals surface area contributed by atoms with Crippen LogP contribution in [0.1, 0.15) is 17.3 Å². The lowest BCUT2D eigenvalue weighted by Crippen LogP contribution is -2.02. The van der Waals surface area contributed by atoms with Crippen LogP contribution in [0.15, 0.2) is 24.8 Å². The van der Waals surface area contributed by atoms with Gasteiger partial charge in [-0.25, -0.2) is 9.48 Å². The molecule has 0 radical (unpaired) electrons. The highest BCUT2D eigenvalue weighted by molar-refractivity contribution is 5.86. The average Bonchev–Trinajstić information content (AvgIpc) is 2.79. The van der Waals surface area contributed by atoms with E-state index >= 15 is 0 Å². The highest BCUT2D eigenvalue weighted by Gasteiger charge is 2.08. The number of rotatable bonds is 4. The maximum atomic E-state index is 10.7. The van der Waals surface area contributed by atoms with Gasteiger partial charge in [0.15, 0.2) is 5.82 Å². The fourth-order valence-corrected chi connectivity index (χ4v) is 1.22. The van der Waals surface area contributed by atoms with Crippen molar-refractivity contribution in [2.45, 2.75) is 6.92 Å². The summed E-state index contributed by atoms with van der Waals surface area (Å²) in [5, 5.41) is 12.7. The molecule has 0 aromatic carbocycles. The van der Waals surface area contributed by atoms with E-state index in [9.17, 15) is 4.79 Å². The molecule has 0 saturated heterocycles. The van der Waals surface area contributed by atoms with E-state index in [1.165, 1.54) is 29.5 Å². The molecule has 0 unspecified atom stereocenters. The lowest BCUT2D eigenvalue weighted by atomic mass is 10.4. The van der Waals surface area contributed by atoms with Crippen LogP contribution in [0.3, 0.4) is 0 Å². The van der Waals surface area contributed by atoms with Gasteiger partial charge in [-0.2, -0.15) is 10.1 Å². The zero-order valence-electron chi connectivity index (χ0n) is 9.07. The molecule has 0 aliphatic rings. The van der Waals surface area contributed by atoms with Crippen LogP contribution in [-0.2, 0) is 0 Å². The van der Waals surface area contributed by atoms with Crippen LogP contribution in [0.2, 0.25) is 0 Å². The number of hydrogen-bond donors (Lipinski definition) is 1. The molecule has 0 aliphatic carbocycles. The predicted molar refractivity (Wildman–Crippen MR) is 57.3 cm³/mol. The van der Waals surface area contributed by atoms with E-state index in [4.69, 9.17) is 9.84 Å². The van der Waals surface area contributed by atoms with Gasteiger partial charge in [0.25, 0.3) is 0 Å². The van der Waals surface area contributed by atoms with E-state index in [0.717, 1.165) is 0 Å². The standard InChI is InChI=1S/C10H10N4O3/c1-2-17-9-5-11-4-8(13-9)14-6-7(3-12-14)10(15)16/h3-6H,2H2,1H3,(H,15,16). The third-order valence-corrected chi connectivity index (χ3v) is 1.96. The Balaban J connectivity index is 2.31. The molecule has 0 saturated carbocycles. The number of nitrogens with zero attached hydrogens (tertiary/aromatic N) is 4. The summed E-state index contributed by atoms with van der Waals surface area (Å²) in [7, 11) is 0. The fourth-order valence-electron chi connectivity index (χ4n) is 1.22. The topological polar surface area (TPSA) is 90.1 Å². The van der Waals surface area contributed by atoms with E-state index in [1.54, 1.807) is 0 Å². The second-order valence-corrected chi connectivity index (χ2v) is 3.13. The largest absolute Gasteiger partial charge is 0.478 e. The molecule has 2 aromatic rings. The first-order valence-corrected chi connectivity index (χ1v) is 4.94. The fraction of sp³-hybridized carbons (Fsp3) is 0.200. The Morgan fingerprint density at radius 3 is 2.94 bits per heavy atom. The van der Waals surface area contributed by atoms with Crippen LogP contribution < -0.4 is 4.74 Å². The van der Waals surface area contributed by atoms with Crippen LogP contribution in [-0.4, -0.2) is 37.4 Å². The van der Waals surface area contributed by atoms with Crippen molar-refractivity contribution in [2.75, 3.05) is 6.61 Å². The van der Waals surface area contributed by atoms with Gasteiger partial charge < -0.3 is 9.84 Å². The molecular weight excluding hydrogens is 224 g/mol. The lowest BCUT2D eigenvalue weighted by molar-refractivity contribution is 0.0697. The first kappa shape index (κ1) is 11.1. The molecule has 17 heavy (non-hydrogen) atoms. The third kappa shape index (κ3) is 2.39. The maximum Gasteiger partial charge on any atom is 0.338 e. The number of aromatic nitrogens is 4. The Hall–Kier alpha value is -2.44. The molecule has 88 valence electrons. The van der Waals surface area contributed by atoms with Gasteiger partial charge in [-0.05, 0) is 6.92 Å². The first-order valence-electron chi connectivity index (χ1n) is 4.94. The first-order chi connectivity index (χ1) is 8.20. The zero-order valence-corrected chi connectivity index (χ0v) is 9.07. The Morgan fingerprint density at radius 2 is 2.29 bits per heavy atom. The van der Waals surface area contributed by atoms with Crippen LogP contribution in [0.5, 0.6) is 5.88 Å². The van der Waals surface area contributed by atoms with Crippen molar-refractivity contribution < 1.29 is 14.6 Å². The van der Waals surface area contributed by atoms with E-state index in [2.05, 4.69) is 15.1 Å². The van der Waals surface area contributed by atoms with Crippen LogP contribution in [0.4, 0.5) is 0 Å². The molecule has 0 fully saturated rings. The van der Waals surface area contributed by atoms with Crippen molar-refractivity contribution in [3.8, 4) is 11.7 Å². The number of aromatic carboxylic acids is 1. The summed E-state index contributed by atoms with van der Waals surface area (Å²) in [4.78, 5) is 18.8. The Labute approximate surface area is 96.7 Å². The lowest BCUT2D eigenvalue weighted by Gasteiger charge is -2.03. The molecule has 1 N–H and O–H groups in total. The number of carbonyl (C=O) groups is 1. The molecule has 7 nitrogen and oxygen atoms in total. The quantitative estimate of drug-likeness (QED) is 0.839. The van der Waals surface area contributed by atoms with Crippen LogP contribution in [0.25, 0.3) is 5.82 Å². The van der Waals surface area contributed by atoms with Gasteiger partial charge in [0.05, 0.1) is 30.8 Å². The van der Waals surface area contributed by atoms with Crippen molar-refractivity contribution >= 4 is 5.97 Å². The van der Waals surface area contributed by atoms with Crippen molar-refractivity contribution in [3.63, 3.8) is 0 Å². The summed E-state index contributed by atoms with van der Waals surface area (Å²) in [6.45, 7) is 2.32. The minimum absolute atomic E-state index is 0.0913. The summed E-state index contributed by atoms with van der Waals surface area (Å²) < 4.78 is 6.52. The summed E-state index contributed by atoms with van der Waals surface area (Å²) in [6, 6.07) is 0. The number of ether oxygens (including phenoxy) is 1. The SMILES string of the molecule is CCOc1cncc(-n2cc(C(=O)O)cn2)n1. The van der Waals surface area contributed by atoms with Crippen molar-refractivity contribution in [1.29, 1.82) is 0 Å². The molecular formula is C10H10N4O3. The molecule has 2 rings (SSSR count). The van der Waals surface area contributed by atoms with Gasteiger partial charge in [0.2, 0.25) is 5.88 Å². The van der Waals surface area contributed by atoms with Gasteiger partial charge in [-0.3, -0.25) is 4.98 Å². The number of carboxylic acids is 1. The summed E-state index contributed by atoms with van der Waals surface area (Å²) in [5.41, 5.74) is 0.0913. The van der Waals surface area contributed by atoms with Gasteiger partial charge >= 0.3 is 5.97 Å². The van der Waals surface area contributed by atoms with Crippen molar-refractivity contribution in [2.24, 2.45) is 0 Å². The predicted octanol–water partition coefficient (Wildman–Crippen LogP) is 0.759. The van der Waals surface area contributed by atoms with Gasteiger partial charge in [-0.15, -0.1) is 0 Å². The Morgan fingerprint density at radius 1 is 1.47 bits per heavy atom. The second kappa shape index (κ2) is 4.60. The van der Waals surface area contributed by atoms with Gasteiger partial charge in [0, 0.05) is 6.20 Å². The summed E-state index contributed by atoms with van der Waals surface area (Å²) in [6.07, 6.45) is 5.56. The number of hydrogen-bond acceptors (Lipinski definition) is 5. The third-order valence-electron chi connectivity index (χ3n) is 1.96. The van der Waals surface area contributed by atoms with E-state index in [-0.39, 0.29) is 5.56 Å². The molecule has 0 aliphatic heterocycles. The average molecular weight is 234 g/mol. The Bertz CT molecular complexity index is 538. The Kier molecular flexibility index (Phi) is 2.99. The summed E-state index contributed by atoms with van der Waals surface area (Å²) >= 11 is 0.